The van der Waals surface area contributed by atoms with Crippen LogP contribution in [-0.2, 0) is 4.74 Å². The summed E-state index contributed by atoms with van der Waals surface area (Å²) in [7, 11) is 0. The Morgan fingerprint density at radius 3 is 2.81 bits per heavy atom. The molecule has 0 spiro atoms. The minimum atomic E-state index is -0.198. The lowest BCUT2D eigenvalue weighted by Gasteiger charge is -2.30. The van der Waals surface area contributed by atoms with Gasteiger partial charge in [-0.15, -0.1) is 0 Å². The molecular weight excluding hydrogens is 404 g/mol. The molecular formula is C24H20N6O2. The van der Waals surface area contributed by atoms with Gasteiger partial charge in [0.25, 0.3) is 5.91 Å². The van der Waals surface area contributed by atoms with Crippen molar-refractivity contribution >= 4 is 35.0 Å². The molecule has 8 heteroatoms. The maximum Gasteiger partial charge on any atom is 0.277 e. The zero-order chi connectivity index (χ0) is 21.5. The fraction of sp³-hybridized carbons (Fsp3) is 0.167. The predicted molar refractivity (Wildman–Crippen MR) is 123 cm³/mol. The highest BCUT2D eigenvalue weighted by Gasteiger charge is 2.19. The molecule has 1 fully saturated rings. The van der Waals surface area contributed by atoms with Crippen molar-refractivity contribution in [3.63, 3.8) is 0 Å². The number of fused-ring (bicyclic) bond motifs is 2. The van der Waals surface area contributed by atoms with E-state index in [9.17, 15) is 4.79 Å². The number of benzene rings is 2. The first kappa shape index (κ1) is 18.7. The summed E-state index contributed by atoms with van der Waals surface area (Å²) in [5, 5.41) is 3.48. The summed E-state index contributed by atoms with van der Waals surface area (Å²) >= 11 is 0. The van der Waals surface area contributed by atoms with Gasteiger partial charge in [-0.25, -0.2) is 15.0 Å². The lowest BCUT2D eigenvalue weighted by molar-refractivity contribution is 0.101. The first-order valence-electron chi connectivity index (χ1n) is 10.5. The number of carbonyl (C=O) groups is 1. The Labute approximate surface area is 184 Å². The third kappa shape index (κ3) is 3.12. The second-order valence-electron chi connectivity index (χ2n) is 7.72. The van der Waals surface area contributed by atoms with Crippen LogP contribution >= 0.6 is 0 Å². The molecule has 0 unspecified atom stereocenters. The molecule has 4 heterocycles. The van der Waals surface area contributed by atoms with Gasteiger partial charge in [0, 0.05) is 42.8 Å². The van der Waals surface area contributed by atoms with Gasteiger partial charge in [0.1, 0.15) is 0 Å². The highest BCUT2D eigenvalue weighted by Crippen LogP contribution is 2.32. The van der Waals surface area contributed by atoms with E-state index in [4.69, 9.17) is 9.72 Å². The Morgan fingerprint density at radius 2 is 1.91 bits per heavy atom. The van der Waals surface area contributed by atoms with Crippen molar-refractivity contribution in [2.24, 2.45) is 4.99 Å². The molecule has 0 bridgehead atoms. The number of amides is 1. The Kier molecular flexibility index (Phi) is 4.43. The van der Waals surface area contributed by atoms with Crippen LogP contribution in [0.5, 0.6) is 0 Å². The molecule has 0 atom stereocenters. The van der Waals surface area contributed by atoms with E-state index in [1.54, 1.807) is 12.4 Å². The molecule has 0 saturated carbocycles. The summed E-state index contributed by atoms with van der Waals surface area (Å²) in [6.45, 7) is 3.16. The number of ether oxygens (including phenoxy) is 1. The van der Waals surface area contributed by atoms with Crippen LogP contribution in [0.4, 0.5) is 17.2 Å². The smallest absolute Gasteiger partial charge is 0.277 e. The maximum absolute atomic E-state index is 11.8. The van der Waals surface area contributed by atoms with Crippen LogP contribution in [0, 0.1) is 0 Å². The Bertz CT molecular complexity index is 1370. The highest BCUT2D eigenvalue weighted by molar-refractivity contribution is 6.13. The van der Waals surface area contributed by atoms with Gasteiger partial charge in [-0.1, -0.05) is 18.2 Å². The summed E-state index contributed by atoms with van der Waals surface area (Å²) in [6, 6.07) is 13.9. The number of morpholine rings is 1. The highest BCUT2D eigenvalue weighted by atomic mass is 16.5. The van der Waals surface area contributed by atoms with Crippen LogP contribution in [0.15, 0.2) is 66.0 Å². The molecule has 2 aliphatic heterocycles. The summed E-state index contributed by atoms with van der Waals surface area (Å²) in [6.07, 6.45) is 7.11. The Balaban J connectivity index is 1.38. The van der Waals surface area contributed by atoms with E-state index in [0.717, 1.165) is 60.1 Å². The molecule has 6 rings (SSSR count). The molecule has 2 aromatic carbocycles. The van der Waals surface area contributed by atoms with E-state index in [1.165, 1.54) is 0 Å². The SMILES string of the molecule is O=C1N=Cc2cc(-c3cnc(Nc4ccccc4N4CCOCC4)c4nccn34)ccc21. The minimum absolute atomic E-state index is 0.198. The van der Waals surface area contributed by atoms with Gasteiger partial charge in [-0.3, -0.25) is 9.20 Å². The first-order chi connectivity index (χ1) is 15.8. The normalized spacial score (nSPS) is 15.4. The molecule has 2 aliphatic rings. The second-order valence-corrected chi connectivity index (χ2v) is 7.72. The van der Waals surface area contributed by atoms with Crippen molar-refractivity contribution in [3.05, 3.63) is 72.2 Å². The summed E-state index contributed by atoms with van der Waals surface area (Å²) in [5.41, 5.74) is 6.11. The summed E-state index contributed by atoms with van der Waals surface area (Å²) in [5.74, 6) is 0.480. The molecule has 1 amide bonds. The topological polar surface area (TPSA) is 84.1 Å². The van der Waals surface area contributed by atoms with Crippen molar-refractivity contribution < 1.29 is 9.53 Å². The number of carbonyl (C=O) groups excluding carboxylic acids is 1. The van der Waals surface area contributed by atoms with Crippen LogP contribution < -0.4 is 10.2 Å². The fourth-order valence-electron chi connectivity index (χ4n) is 4.23. The quantitative estimate of drug-likeness (QED) is 0.539. The standard InChI is InChI=1S/C24H20N6O2/c31-24-18-6-5-16(13-17(18)14-27-24)21-15-26-22(23-25-7-8-30(21)23)28-19-3-1-2-4-20(19)29-9-11-32-12-10-29/h1-8,13-15H,9-12H2,(H,26,28). The van der Waals surface area contributed by atoms with Gasteiger partial charge in [0.2, 0.25) is 0 Å². The van der Waals surface area contributed by atoms with E-state index in [0.29, 0.717) is 11.4 Å². The molecule has 158 valence electrons. The van der Waals surface area contributed by atoms with Gasteiger partial charge in [0.15, 0.2) is 11.5 Å². The maximum atomic E-state index is 11.8. The number of imidazole rings is 1. The minimum Gasteiger partial charge on any atom is -0.378 e. The number of aromatic nitrogens is 3. The molecule has 4 aromatic rings. The van der Waals surface area contributed by atoms with E-state index in [-0.39, 0.29) is 5.91 Å². The zero-order valence-corrected chi connectivity index (χ0v) is 17.2. The number of anilines is 3. The van der Waals surface area contributed by atoms with Gasteiger partial charge in [0.05, 0.1) is 42.0 Å². The third-order valence-corrected chi connectivity index (χ3v) is 5.84. The summed E-state index contributed by atoms with van der Waals surface area (Å²) in [4.78, 5) is 27.3. The van der Waals surface area contributed by atoms with E-state index in [2.05, 4.69) is 32.3 Å². The van der Waals surface area contributed by atoms with Crippen LogP contribution in [0.1, 0.15) is 15.9 Å². The monoisotopic (exact) mass is 424 g/mol. The van der Waals surface area contributed by atoms with Crippen molar-refractivity contribution in [1.29, 1.82) is 0 Å². The number of para-hydroxylation sites is 2. The number of nitrogens with zero attached hydrogens (tertiary/aromatic N) is 5. The summed E-state index contributed by atoms with van der Waals surface area (Å²) < 4.78 is 7.50. The van der Waals surface area contributed by atoms with E-state index >= 15 is 0 Å². The van der Waals surface area contributed by atoms with Crippen molar-refractivity contribution in [1.82, 2.24) is 14.4 Å². The Morgan fingerprint density at radius 1 is 1.03 bits per heavy atom. The lowest BCUT2D eigenvalue weighted by atomic mass is 10.0. The van der Waals surface area contributed by atoms with E-state index in [1.807, 2.05) is 47.1 Å². The van der Waals surface area contributed by atoms with E-state index < -0.39 is 0 Å². The predicted octanol–water partition coefficient (Wildman–Crippen LogP) is 3.55. The van der Waals surface area contributed by atoms with Crippen molar-refractivity contribution in [2.45, 2.75) is 0 Å². The molecule has 0 radical (unpaired) electrons. The van der Waals surface area contributed by atoms with Gasteiger partial charge in [-0.05, 0) is 24.3 Å². The molecule has 2 aromatic heterocycles. The lowest BCUT2D eigenvalue weighted by Crippen LogP contribution is -2.36. The van der Waals surface area contributed by atoms with Crippen LogP contribution in [-0.4, -0.2) is 52.8 Å². The number of rotatable bonds is 4. The Hall–Kier alpha value is -4.04. The number of hydrogen-bond donors (Lipinski definition) is 1. The number of nitrogens with one attached hydrogen (secondary N) is 1. The molecule has 1 saturated heterocycles. The van der Waals surface area contributed by atoms with Crippen molar-refractivity contribution in [2.75, 3.05) is 36.5 Å². The third-order valence-electron chi connectivity index (χ3n) is 5.84. The number of aliphatic imine (C=N–C) groups is 1. The molecule has 0 aliphatic carbocycles. The van der Waals surface area contributed by atoms with Crippen LogP contribution in [0.25, 0.3) is 16.9 Å². The van der Waals surface area contributed by atoms with Gasteiger partial charge >= 0.3 is 0 Å². The zero-order valence-electron chi connectivity index (χ0n) is 17.2. The van der Waals surface area contributed by atoms with Crippen LogP contribution in [0.3, 0.4) is 0 Å². The fourth-order valence-corrected chi connectivity index (χ4v) is 4.23. The average molecular weight is 424 g/mol. The van der Waals surface area contributed by atoms with Crippen molar-refractivity contribution in [3.8, 4) is 11.3 Å². The van der Waals surface area contributed by atoms with Crippen LogP contribution in [0.2, 0.25) is 0 Å². The first-order valence-corrected chi connectivity index (χ1v) is 10.5. The largest absolute Gasteiger partial charge is 0.378 e. The second kappa shape index (κ2) is 7.58. The molecule has 1 N–H and O–H groups in total. The number of hydrogen-bond acceptors (Lipinski definition) is 6. The average Bonchev–Trinajstić information content (AvgIpc) is 3.48. The molecule has 8 nitrogen and oxygen atoms in total. The molecule has 32 heavy (non-hydrogen) atoms. The van der Waals surface area contributed by atoms with Gasteiger partial charge < -0.3 is 15.0 Å². The van der Waals surface area contributed by atoms with Gasteiger partial charge in [-0.2, -0.15) is 0 Å².